The Morgan fingerprint density at radius 2 is 1.76 bits per heavy atom. The van der Waals surface area contributed by atoms with E-state index in [1.165, 1.54) is 35.9 Å². The molecule has 29 heavy (non-hydrogen) atoms. The number of anilines is 1. The second-order valence-electron chi connectivity index (χ2n) is 6.24. The highest BCUT2D eigenvalue weighted by Gasteiger charge is 2.06. The van der Waals surface area contributed by atoms with Crippen LogP contribution in [0.4, 0.5) is 14.5 Å². The van der Waals surface area contributed by atoms with Gasteiger partial charge in [0.1, 0.15) is 5.75 Å². The molecule has 0 unspecified atom stereocenters. The molecule has 0 saturated carbocycles. The summed E-state index contributed by atoms with van der Waals surface area (Å²) in [5.74, 6) is -1.11. The van der Waals surface area contributed by atoms with Gasteiger partial charge in [0, 0.05) is 11.8 Å². The van der Waals surface area contributed by atoms with E-state index in [-0.39, 0.29) is 5.75 Å². The van der Waals surface area contributed by atoms with Gasteiger partial charge in [-0.1, -0.05) is 37.6 Å². The van der Waals surface area contributed by atoms with E-state index in [1.807, 2.05) is 24.3 Å². The molecule has 2 aromatic carbocycles. The lowest BCUT2D eigenvalue weighted by molar-refractivity contribution is -0.142. The summed E-state index contributed by atoms with van der Waals surface area (Å²) in [5, 5.41) is 2.66. The van der Waals surface area contributed by atoms with Crippen molar-refractivity contribution in [3.05, 3.63) is 65.7 Å². The number of rotatable bonds is 10. The highest BCUT2D eigenvalue weighted by Crippen LogP contribution is 2.15. The fraction of sp³-hybridized carbons (Fsp3) is 0.273. The van der Waals surface area contributed by atoms with Crippen molar-refractivity contribution in [1.82, 2.24) is 0 Å². The standard InChI is InChI=1S/C22H23F2NO4/c1-2-3-4-16-5-10-18(11-6-16)25-20(26)15-28-21(27)14-9-17-7-12-19(13-8-17)29-22(23)24/h5-14,22H,2-4,15H2,1H3,(H,25,26). The summed E-state index contributed by atoms with van der Waals surface area (Å²) < 4.78 is 33.3. The first kappa shape index (κ1) is 22.1. The molecular formula is C22H23F2NO4. The molecule has 0 aromatic heterocycles. The highest BCUT2D eigenvalue weighted by atomic mass is 19.3. The van der Waals surface area contributed by atoms with Crippen molar-refractivity contribution in [2.45, 2.75) is 32.8 Å². The van der Waals surface area contributed by atoms with Gasteiger partial charge in [0.15, 0.2) is 6.61 Å². The third-order valence-electron chi connectivity index (χ3n) is 3.92. The predicted molar refractivity (Wildman–Crippen MR) is 107 cm³/mol. The molecule has 0 atom stereocenters. The smallest absolute Gasteiger partial charge is 0.387 e. The number of aryl methyl sites for hydroxylation is 1. The number of alkyl halides is 2. The molecule has 2 aromatic rings. The molecule has 0 bridgehead atoms. The fourth-order valence-electron chi connectivity index (χ4n) is 2.44. The van der Waals surface area contributed by atoms with E-state index in [1.54, 1.807) is 0 Å². The van der Waals surface area contributed by atoms with Gasteiger partial charge in [-0.15, -0.1) is 0 Å². The SMILES string of the molecule is CCCCc1ccc(NC(=O)COC(=O)C=Cc2ccc(OC(F)F)cc2)cc1. The lowest BCUT2D eigenvalue weighted by Gasteiger charge is -2.07. The van der Waals surface area contributed by atoms with Crippen LogP contribution in [0.25, 0.3) is 6.08 Å². The number of benzene rings is 2. The number of nitrogens with one attached hydrogen (secondary N) is 1. The first-order valence-electron chi connectivity index (χ1n) is 9.24. The Labute approximate surface area is 168 Å². The van der Waals surface area contributed by atoms with Crippen molar-refractivity contribution < 1.29 is 27.8 Å². The van der Waals surface area contributed by atoms with Gasteiger partial charge >= 0.3 is 12.6 Å². The van der Waals surface area contributed by atoms with E-state index in [0.29, 0.717) is 11.3 Å². The van der Waals surface area contributed by atoms with Gasteiger partial charge in [-0.2, -0.15) is 8.78 Å². The molecular weight excluding hydrogens is 380 g/mol. The molecule has 7 heteroatoms. The van der Waals surface area contributed by atoms with Crippen LogP contribution in [0, 0.1) is 0 Å². The second kappa shape index (κ2) is 11.6. The molecule has 2 rings (SSSR count). The van der Waals surface area contributed by atoms with Gasteiger partial charge in [0.25, 0.3) is 5.91 Å². The fourth-order valence-corrected chi connectivity index (χ4v) is 2.44. The molecule has 0 saturated heterocycles. The lowest BCUT2D eigenvalue weighted by Crippen LogP contribution is -2.20. The molecule has 1 N–H and O–H groups in total. The maximum absolute atomic E-state index is 12.1. The Morgan fingerprint density at radius 1 is 1.07 bits per heavy atom. The van der Waals surface area contributed by atoms with E-state index in [4.69, 9.17) is 4.74 Å². The Morgan fingerprint density at radius 3 is 2.38 bits per heavy atom. The first-order valence-corrected chi connectivity index (χ1v) is 9.24. The topological polar surface area (TPSA) is 64.6 Å². The number of esters is 1. The zero-order valence-electron chi connectivity index (χ0n) is 16.1. The Bertz CT molecular complexity index is 818. The van der Waals surface area contributed by atoms with Crippen LogP contribution >= 0.6 is 0 Å². The number of ether oxygens (including phenoxy) is 2. The Kier molecular flexibility index (Phi) is 8.82. The highest BCUT2D eigenvalue weighted by molar-refractivity contribution is 5.94. The van der Waals surface area contributed by atoms with Gasteiger partial charge in [-0.3, -0.25) is 4.79 Å². The number of carbonyl (C=O) groups excluding carboxylic acids is 2. The molecule has 0 fully saturated rings. The normalized spacial score (nSPS) is 10.9. The molecule has 0 aliphatic rings. The number of carbonyl (C=O) groups is 2. The number of halogens is 2. The zero-order chi connectivity index (χ0) is 21.1. The average molecular weight is 403 g/mol. The minimum absolute atomic E-state index is 0.0230. The third-order valence-corrected chi connectivity index (χ3v) is 3.92. The van der Waals surface area contributed by atoms with Gasteiger partial charge in [-0.25, -0.2) is 4.79 Å². The molecule has 0 heterocycles. The summed E-state index contributed by atoms with van der Waals surface area (Å²) >= 11 is 0. The van der Waals surface area contributed by atoms with Gasteiger partial charge in [0.2, 0.25) is 0 Å². The van der Waals surface area contributed by atoms with Gasteiger partial charge in [0.05, 0.1) is 0 Å². The third kappa shape index (κ3) is 8.55. The second-order valence-corrected chi connectivity index (χ2v) is 6.24. The minimum Gasteiger partial charge on any atom is -0.452 e. The maximum Gasteiger partial charge on any atom is 0.387 e. The quantitative estimate of drug-likeness (QED) is 0.456. The van der Waals surface area contributed by atoms with Crippen LogP contribution in [0.1, 0.15) is 30.9 Å². The van der Waals surface area contributed by atoms with Crippen LogP contribution < -0.4 is 10.1 Å². The van der Waals surface area contributed by atoms with Gasteiger partial charge < -0.3 is 14.8 Å². The van der Waals surface area contributed by atoms with Crippen molar-refractivity contribution in [3.8, 4) is 5.75 Å². The molecule has 0 spiro atoms. The molecule has 0 radical (unpaired) electrons. The first-order chi connectivity index (χ1) is 14.0. The minimum atomic E-state index is -2.89. The average Bonchev–Trinajstić information content (AvgIpc) is 2.71. The summed E-state index contributed by atoms with van der Waals surface area (Å²) in [7, 11) is 0. The molecule has 154 valence electrons. The van der Waals surface area contributed by atoms with Crippen LogP contribution in [0.15, 0.2) is 54.6 Å². The number of unbranched alkanes of at least 4 members (excludes halogenated alkanes) is 1. The maximum atomic E-state index is 12.1. The summed E-state index contributed by atoms with van der Waals surface area (Å²) in [6.45, 7) is -1.18. The zero-order valence-corrected chi connectivity index (χ0v) is 16.1. The van der Waals surface area contributed by atoms with E-state index in [2.05, 4.69) is 17.0 Å². The van der Waals surface area contributed by atoms with Crippen molar-refractivity contribution in [2.24, 2.45) is 0 Å². The van der Waals surface area contributed by atoms with Crippen molar-refractivity contribution in [1.29, 1.82) is 0 Å². The van der Waals surface area contributed by atoms with Crippen molar-refractivity contribution in [2.75, 3.05) is 11.9 Å². The van der Waals surface area contributed by atoms with E-state index < -0.39 is 25.1 Å². The van der Waals surface area contributed by atoms with E-state index >= 15 is 0 Å². The van der Waals surface area contributed by atoms with Crippen molar-refractivity contribution >= 4 is 23.6 Å². The molecule has 0 aliphatic carbocycles. The van der Waals surface area contributed by atoms with Crippen LogP contribution in [-0.4, -0.2) is 25.1 Å². The lowest BCUT2D eigenvalue weighted by atomic mass is 10.1. The number of hydrogen-bond donors (Lipinski definition) is 1. The van der Waals surface area contributed by atoms with Crippen LogP contribution in [0.5, 0.6) is 5.75 Å². The van der Waals surface area contributed by atoms with Crippen molar-refractivity contribution in [3.63, 3.8) is 0 Å². The molecule has 5 nitrogen and oxygen atoms in total. The predicted octanol–water partition coefficient (Wildman–Crippen LogP) is 4.83. The van der Waals surface area contributed by atoms with Crippen LogP contribution in [0.3, 0.4) is 0 Å². The Balaban J connectivity index is 1.75. The van der Waals surface area contributed by atoms with E-state index in [9.17, 15) is 18.4 Å². The van der Waals surface area contributed by atoms with Crippen LogP contribution in [0.2, 0.25) is 0 Å². The monoisotopic (exact) mass is 403 g/mol. The Hall–Kier alpha value is -3.22. The van der Waals surface area contributed by atoms with Gasteiger partial charge in [-0.05, 0) is 54.3 Å². The van der Waals surface area contributed by atoms with Crippen LogP contribution in [-0.2, 0) is 20.7 Å². The largest absolute Gasteiger partial charge is 0.452 e. The number of amides is 1. The van der Waals surface area contributed by atoms with E-state index in [0.717, 1.165) is 25.3 Å². The summed E-state index contributed by atoms with van der Waals surface area (Å²) in [6, 6.07) is 13.3. The summed E-state index contributed by atoms with van der Waals surface area (Å²) in [4.78, 5) is 23.6. The summed E-state index contributed by atoms with van der Waals surface area (Å²) in [6.07, 6.45) is 5.83. The molecule has 0 aliphatic heterocycles. The molecule has 1 amide bonds. The number of hydrogen-bond acceptors (Lipinski definition) is 4. The summed E-state index contributed by atoms with van der Waals surface area (Å²) in [5.41, 5.74) is 2.43.